The molecule has 0 aliphatic heterocycles. The summed E-state index contributed by atoms with van der Waals surface area (Å²) in [6, 6.07) is 5.15. The van der Waals surface area contributed by atoms with Crippen molar-refractivity contribution in [3.63, 3.8) is 0 Å². The molecule has 0 bridgehead atoms. The number of hydrogen-bond acceptors (Lipinski definition) is 4. The molecule has 1 aromatic carbocycles. The van der Waals surface area contributed by atoms with Crippen molar-refractivity contribution >= 4 is 23.5 Å². The van der Waals surface area contributed by atoms with Crippen LogP contribution in [-0.4, -0.2) is 41.4 Å². The minimum atomic E-state index is -0.619. The molecular formula is C19H28N2O4. The molecule has 0 fully saturated rings. The standard InChI is InChI=1S/C19H28N2O4/c1-7-10-21(18(24)25-19(4,5)6)12-17(23)20-16-11-15(14(3)22)9-8-13(16)2/h8-9,11H,7,10,12H2,1-6H3,(H,20,23). The molecule has 1 N–H and O–H groups in total. The fraction of sp³-hybridized carbons (Fsp3) is 0.526. The molecule has 0 aliphatic rings. The van der Waals surface area contributed by atoms with Crippen molar-refractivity contribution in [2.75, 3.05) is 18.4 Å². The van der Waals surface area contributed by atoms with Gasteiger partial charge in [0.25, 0.3) is 0 Å². The maximum Gasteiger partial charge on any atom is 0.410 e. The Labute approximate surface area is 149 Å². The lowest BCUT2D eigenvalue weighted by Gasteiger charge is -2.26. The van der Waals surface area contributed by atoms with Crippen molar-refractivity contribution in [1.29, 1.82) is 0 Å². The van der Waals surface area contributed by atoms with E-state index in [0.29, 0.717) is 24.2 Å². The van der Waals surface area contributed by atoms with Crippen LogP contribution < -0.4 is 5.32 Å². The fourth-order valence-corrected chi connectivity index (χ4v) is 2.17. The van der Waals surface area contributed by atoms with Gasteiger partial charge in [-0.05, 0) is 52.7 Å². The summed E-state index contributed by atoms with van der Waals surface area (Å²) in [5.74, 6) is -0.403. The van der Waals surface area contributed by atoms with E-state index in [-0.39, 0.29) is 18.2 Å². The maximum absolute atomic E-state index is 12.4. The molecule has 2 amide bonds. The van der Waals surface area contributed by atoms with Crippen LogP contribution in [0, 0.1) is 6.92 Å². The van der Waals surface area contributed by atoms with Gasteiger partial charge in [0, 0.05) is 17.8 Å². The summed E-state index contributed by atoms with van der Waals surface area (Å²) < 4.78 is 5.34. The van der Waals surface area contributed by atoms with Crippen LogP contribution in [0.4, 0.5) is 10.5 Å². The van der Waals surface area contributed by atoms with E-state index < -0.39 is 11.7 Å². The Morgan fingerprint density at radius 2 is 1.84 bits per heavy atom. The van der Waals surface area contributed by atoms with Crippen molar-refractivity contribution in [2.45, 2.75) is 53.6 Å². The quantitative estimate of drug-likeness (QED) is 0.794. The summed E-state index contributed by atoms with van der Waals surface area (Å²) in [6.07, 6.45) is 0.199. The van der Waals surface area contributed by atoms with E-state index >= 15 is 0 Å². The van der Waals surface area contributed by atoms with Crippen LogP contribution in [0.1, 0.15) is 57.0 Å². The number of ether oxygens (including phenoxy) is 1. The first-order chi connectivity index (χ1) is 11.5. The Balaban J connectivity index is 2.83. The smallest absolute Gasteiger partial charge is 0.410 e. The third kappa shape index (κ3) is 6.95. The van der Waals surface area contributed by atoms with Crippen LogP contribution in [0.25, 0.3) is 0 Å². The minimum Gasteiger partial charge on any atom is -0.444 e. The predicted octanol–water partition coefficient (Wildman–Crippen LogP) is 3.78. The molecule has 6 heteroatoms. The highest BCUT2D eigenvalue weighted by molar-refractivity contribution is 5.98. The lowest BCUT2D eigenvalue weighted by atomic mass is 10.1. The zero-order valence-electron chi connectivity index (χ0n) is 15.9. The average Bonchev–Trinajstić information content (AvgIpc) is 2.47. The summed E-state index contributed by atoms with van der Waals surface area (Å²) in [5, 5.41) is 2.77. The molecule has 0 aromatic heterocycles. The van der Waals surface area contributed by atoms with E-state index in [4.69, 9.17) is 4.74 Å². The van der Waals surface area contributed by atoms with Crippen molar-refractivity contribution in [2.24, 2.45) is 0 Å². The van der Waals surface area contributed by atoms with Gasteiger partial charge in [-0.15, -0.1) is 0 Å². The number of carbonyl (C=O) groups excluding carboxylic acids is 3. The molecule has 0 radical (unpaired) electrons. The van der Waals surface area contributed by atoms with E-state index in [9.17, 15) is 14.4 Å². The Kier molecular flexibility index (Phi) is 7.15. The zero-order chi connectivity index (χ0) is 19.2. The molecule has 0 saturated heterocycles. The topological polar surface area (TPSA) is 75.7 Å². The van der Waals surface area contributed by atoms with E-state index in [1.807, 2.05) is 13.8 Å². The van der Waals surface area contributed by atoms with Crippen LogP contribution in [0.5, 0.6) is 0 Å². The van der Waals surface area contributed by atoms with Crippen LogP contribution in [0.2, 0.25) is 0 Å². The first-order valence-corrected chi connectivity index (χ1v) is 8.43. The highest BCUT2D eigenvalue weighted by atomic mass is 16.6. The van der Waals surface area contributed by atoms with Gasteiger partial charge in [0.1, 0.15) is 12.1 Å². The molecule has 0 spiro atoms. The molecule has 1 rings (SSSR count). The molecule has 0 atom stereocenters. The predicted molar refractivity (Wildman–Crippen MR) is 97.9 cm³/mol. The number of carbonyl (C=O) groups is 3. The van der Waals surface area contributed by atoms with Crippen molar-refractivity contribution in [1.82, 2.24) is 4.90 Å². The van der Waals surface area contributed by atoms with Crippen molar-refractivity contribution in [3.05, 3.63) is 29.3 Å². The second-order valence-electron chi connectivity index (χ2n) is 7.04. The van der Waals surface area contributed by atoms with Crippen LogP contribution in [-0.2, 0) is 9.53 Å². The lowest BCUT2D eigenvalue weighted by molar-refractivity contribution is -0.117. The minimum absolute atomic E-state index is 0.0723. The number of Topliss-reactive ketones (excluding diaryl/α,β-unsaturated/α-hetero) is 1. The average molecular weight is 348 g/mol. The molecule has 138 valence electrons. The van der Waals surface area contributed by atoms with Gasteiger partial charge < -0.3 is 10.1 Å². The summed E-state index contributed by atoms with van der Waals surface area (Å²) in [7, 11) is 0. The van der Waals surface area contributed by atoms with Crippen LogP contribution in [0.15, 0.2) is 18.2 Å². The van der Waals surface area contributed by atoms with Gasteiger partial charge in [-0.1, -0.05) is 19.1 Å². The van der Waals surface area contributed by atoms with Crippen molar-refractivity contribution in [3.8, 4) is 0 Å². The summed E-state index contributed by atoms with van der Waals surface area (Å²) in [4.78, 5) is 37.5. The summed E-state index contributed by atoms with van der Waals surface area (Å²) in [5.41, 5.74) is 1.32. The third-order valence-corrected chi connectivity index (χ3v) is 3.40. The Hall–Kier alpha value is -2.37. The summed E-state index contributed by atoms with van der Waals surface area (Å²) >= 11 is 0. The largest absolute Gasteiger partial charge is 0.444 e. The Bertz CT molecular complexity index is 647. The number of rotatable bonds is 6. The molecule has 0 heterocycles. The highest BCUT2D eigenvalue weighted by Gasteiger charge is 2.23. The Morgan fingerprint density at radius 3 is 2.36 bits per heavy atom. The highest BCUT2D eigenvalue weighted by Crippen LogP contribution is 2.17. The van der Waals surface area contributed by atoms with Gasteiger partial charge in [-0.3, -0.25) is 14.5 Å². The zero-order valence-corrected chi connectivity index (χ0v) is 15.9. The van der Waals surface area contributed by atoms with E-state index in [1.54, 1.807) is 39.0 Å². The second-order valence-corrected chi connectivity index (χ2v) is 7.04. The first-order valence-electron chi connectivity index (χ1n) is 8.43. The van der Waals surface area contributed by atoms with Crippen molar-refractivity contribution < 1.29 is 19.1 Å². The molecule has 0 unspecified atom stereocenters. The van der Waals surface area contributed by atoms with E-state index in [2.05, 4.69) is 5.32 Å². The SMILES string of the molecule is CCCN(CC(=O)Nc1cc(C(C)=O)ccc1C)C(=O)OC(C)(C)C. The van der Waals surface area contributed by atoms with Gasteiger partial charge in [0.2, 0.25) is 5.91 Å². The van der Waals surface area contributed by atoms with Gasteiger partial charge in [-0.2, -0.15) is 0 Å². The third-order valence-electron chi connectivity index (χ3n) is 3.40. The lowest BCUT2D eigenvalue weighted by Crippen LogP contribution is -2.41. The molecule has 6 nitrogen and oxygen atoms in total. The summed E-state index contributed by atoms with van der Waals surface area (Å²) in [6.45, 7) is 10.9. The molecule has 0 saturated carbocycles. The fourth-order valence-electron chi connectivity index (χ4n) is 2.17. The molecule has 25 heavy (non-hydrogen) atoms. The number of nitrogens with one attached hydrogen (secondary N) is 1. The number of anilines is 1. The van der Waals surface area contributed by atoms with Gasteiger partial charge in [-0.25, -0.2) is 4.79 Å². The Morgan fingerprint density at radius 1 is 1.20 bits per heavy atom. The monoisotopic (exact) mass is 348 g/mol. The number of benzene rings is 1. The number of amides is 2. The van der Waals surface area contributed by atoms with Crippen LogP contribution in [0.3, 0.4) is 0 Å². The molecular weight excluding hydrogens is 320 g/mol. The van der Waals surface area contributed by atoms with Gasteiger partial charge in [0.05, 0.1) is 0 Å². The van der Waals surface area contributed by atoms with Crippen LogP contribution >= 0.6 is 0 Å². The number of hydrogen-bond donors (Lipinski definition) is 1. The second kappa shape index (κ2) is 8.65. The molecule has 1 aromatic rings. The maximum atomic E-state index is 12.4. The van der Waals surface area contributed by atoms with E-state index in [0.717, 1.165) is 5.56 Å². The number of ketones is 1. The first kappa shape index (κ1) is 20.7. The number of aryl methyl sites for hydroxylation is 1. The molecule has 0 aliphatic carbocycles. The normalized spacial score (nSPS) is 11.0. The van der Waals surface area contributed by atoms with Gasteiger partial charge >= 0.3 is 6.09 Å². The van der Waals surface area contributed by atoms with E-state index in [1.165, 1.54) is 11.8 Å². The number of nitrogens with zero attached hydrogens (tertiary/aromatic N) is 1. The van der Waals surface area contributed by atoms with Gasteiger partial charge in [0.15, 0.2) is 5.78 Å².